The quantitative estimate of drug-likeness (QED) is 0.642. The van der Waals surface area contributed by atoms with Crippen LogP contribution >= 0.6 is 0 Å². The number of carbonyl (C=O) groups is 3. The van der Waals surface area contributed by atoms with E-state index in [2.05, 4.69) is 0 Å². The molecule has 1 fully saturated rings. The third-order valence-electron chi connectivity index (χ3n) is 4.20. The fraction of sp³-hybridized carbons (Fsp3) is 0.786. The first-order chi connectivity index (χ1) is 11.4. The van der Waals surface area contributed by atoms with E-state index in [0.29, 0.717) is 6.54 Å². The first kappa shape index (κ1) is 21.0. The van der Waals surface area contributed by atoms with E-state index in [9.17, 15) is 32.7 Å². The average Bonchev–Trinajstić information content (AvgIpc) is 2.81. The molecule has 1 heterocycles. The van der Waals surface area contributed by atoms with Crippen molar-refractivity contribution in [3.8, 4) is 0 Å². The molecule has 11 heteroatoms. The smallest absolute Gasteiger partial charge is 0.471 e. The summed E-state index contributed by atoms with van der Waals surface area (Å²) < 4.78 is 37.0. The Balaban J connectivity index is 3.00. The number of likely N-dealkylation sites (tertiary alicyclic amines) is 1. The number of nitrogens with one attached hydrogen (secondary N) is 1. The zero-order valence-corrected chi connectivity index (χ0v) is 14.2. The SMILES string of the molecule is CCN(C(=O)N1C[C@@H](C(=O)O)[C@@H](N)[C@@H]1CNC(=O)C(F)(F)F)C(C)C. The Morgan fingerprint density at radius 1 is 1.36 bits per heavy atom. The van der Waals surface area contributed by atoms with E-state index < -0.39 is 48.6 Å². The Morgan fingerprint density at radius 3 is 2.32 bits per heavy atom. The molecule has 144 valence electrons. The van der Waals surface area contributed by atoms with Gasteiger partial charge in [0.15, 0.2) is 0 Å². The highest BCUT2D eigenvalue weighted by molar-refractivity contribution is 5.82. The van der Waals surface area contributed by atoms with Gasteiger partial charge in [0.05, 0.1) is 12.0 Å². The highest BCUT2D eigenvalue weighted by atomic mass is 19.4. The maximum Gasteiger partial charge on any atom is 0.471 e. The van der Waals surface area contributed by atoms with E-state index in [1.807, 2.05) is 0 Å². The molecule has 4 N–H and O–H groups in total. The van der Waals surface area contributed by atoms with Gasteiger partial charge in [0.25, 0.3) is 0 Å². The number of carboxylic acids is 1. The van der Waals surface area contributed by atoms with Crippen molar-refractivity contribution in [2.75, 3.05) is 19.6 Å². The molecule has 0 aliphatic carbocycles. The molecule has 3 amide bonds. The van der Waals surface area contributed by atoms with E-state index in [1.165, 1.54) is 4.90 Å². The van der Waals surface area contributed by atoms with Crippen LogP contribution in [0.3, 0.4) is 0 Å². The second kappa shape index (κ2) is 7.89. The first-order valence-corrected chi connectivity index (χ1v) is 7.82. The molecule has 1 aliphatic rings. The predicted octanol–water partition coefficient (Wildman–Crippen LogP) is 0.228. The van der Waals surface area contributed by atoms with E-state index in [4.69, 9.17) is 5.73 Å². The lowest BCUT2D eigenvalue weighted by molar-refractivity contribution is -0.173. The minimum Gasteiger partial charge on any atom is -0.481 e. The number of hydrogen-bond donors (Lipinski definition) is 3. The highest BCUT2D eigenvalue weighted by Gasteiger charge is 2.47. The maximum absolute atomic E-state index is 12.7. The van der Waals surface area contributed by atoms with Gasteiger partial charge < -0.3 is 26.0 Å². The third kappa shape index (κ3) is 4.74. The monoisotopic (exact) mass is 368 g/mol. The zero-order valence-electron chi connectivity index (χ0n) is 14.2. The topological polar surface area (TPSA) is 116 Å². The molecule has 1 saturated heterocycles. The highest BCUT2D eigenvalue weighted by Crippen LogP contribution is 2.25. The van der Waals surface area contributed by atoms with Crippen molar-refractivity contribution >= 4 is 17.9 Å². The third-order valence-corrected chi connectivity index (χ3v) is 4.20. The number of rotatable bonds is 5. The van der Waals surface area contributed by atoms with Crippen LogP contribution in [0.25, 0.3) is 0 Å². The number of alkyl halides is 3. The molecular formula is C14H23F3N4O4. The summed E-state index contributed by atoms with van der Waals surface area (Å²) in [5.41, 5.74) is 5.84. The van der Waals surface area contributed by atoms with Crippen LogP contribution in [0, 0.1) is 5.92 Å². The first-order valence-electron chi connectivity index (χ1n) is 7.82. The molecule has 25 heavy (non-hydrogen) atoms. The molecule has 0 aromatic heterocycles. The summed E-state index contributed by atoms with van der Waals surface area (Å²) in [7, 11) is 0. The molecule has 0 aromatic rings. The Bertz CT molecular complexity index is 527. The van der Waals surface area contributed by atoms with Gasteiger partial charge in [-0.25, -0.2) is 4.79 Å². The van der Waals surface area contributed by atoms with Gasteiger partial charge in [0.1, 0.15) is 0 Å². The lowest BCUT2D eigenvalue weighted by Gasteiger charge is -2.34. The number of carboxylic acid groups (broad SMARTS) is 1. The number of nitrogens with zero attached hydrogens (tertiary/aromatic N) is 2. The van der Waals surface area contributed by atoms with Crippen molar-refractivity contribution in [2.24, 2.45) is 11.7 Å². The normalized spacial score (nSPS) is 23.7. The lowest BCUT2D eigenvalue weighted by Crippen LogP contribution is -2.55. The summed E-state index contributed by atoms with van der Waals surface area (Å²) in [6, 6.07) is -2.86. The molecule has 1 rings (SSSR count). The summed E-state index contributed by atoms with van der Waals surface area (Å²) in [5, 5.41) is 10.9. The van der Waals surface area contributed by atoms with E-state index >= 15 is 0 Å². The van der Waals surface area contributed by atoms with Crippen molar-refractivity contribution < 1.29 is 32.7 Å². The number of carbonyl (C=O) groups excluding carboxylic acids is 2. The maximum atomic E-state index is 12.7. The summed E-state index contributed by atoms with van der Waals surface area (Å²) in [5.74, 6) is -4.53. The minimum atomic E-state index is -5.07. The van der Waals surface area contributed by atoms with Crippen molar-refractivity contribution in [1.82, 2.24) is 15.1 Å². The van der Waals surface area contributed by atoms with Gasteiger partial charge in [-0.1, -0.05) is 0 Å². The van der Waals surface area contributed by atoms with Gasteiger partial charge in [-0.15, -0.1) is 0 Å². The molecule has 8 nitrogen and oxygen atoms in total. The van der Waals surface area contributed by atoms with E-state index in [0.717, 1.165) is 4.90 Å². The number of halogens is 3. The molecule has 3 atom stereocenters. The predicted molar refractivity (Wildman–Crippen MR) is 81.6 cm³/mol. The molecule has 1 aliphatic heterocycles. The van der Waals surface area contributed by atoms with Crippen LogP contribution in [0.1, 0.15) is 20.8 Å². The van der Waals surface area contributed by atoms with Crippen molar-refractivity contribution in [2.45, 2.75) is 45.1 Å². The van der Waals surface area contributed by atoms with Crippen molar-refractivity contribution in [1.29, 1.82) is 0 Å². The molecule has 0 spiro atoms. The number of amides is 3. The molecule has 0 aromatic carbocycles. The van der Waals surface area contributed by atoms with Crippen molar-refractivity contribution in [3.63, 3.8) is 0 Å². The lowest BCUT2D eigenvalue weighted by atomic mass is 10.00. The fourth-order valence-corrected chi connectivity index (χ4v) is 2.84. The van der Waals surface area contributed by atoms with Gasteiger partial charge in [-0.3, -0.25) is 9.59 Å². The Kier molecular flexibility index (Phi) is 6.63. The van der Waals surface area contributed by atoms with E-state index in [-0.39, 0.29) is 12.6 Å². The summed E-state index contributed by atoms with van der Waals surface area (Å²) in [6.45, 7) is 4.76. The van der Waals surface area contributed by atoms with Crippen LogP contribution < -0.4 is 11.1 Å². The van der Waals surface area contributed by atoms with Crippen LogP contribution in [0.15, 0.2) is 0 Å². The number of nitrogens with two attached hydrogens (primary N) is 1. The standard InChI is InChI=1S/C14H23F3N4O4/c1-4-20(7(2)3)13(25)21-6-8(11(22)23)10(18)9(21)5-19-12(24)14(15,16)17/h7-10H,4-6,18H2,1-3H3,(H,19,24)(H,22,23)/t8-,9+,10-/m1/s1. The molecule has 0 saturated carbocycles. The second-order valence-corrected chi connectivity index (χ2v) is 6.11. The van der Waals surface area contributed by atoms with Gasteiger partial charge in [0, 0.05) is 31.7 Å². The van der Waals surface area contributed by atoms with Crippen LogP contribution in [0.5, 0.6) is 0 Å². The Hall–Kier alpha value is -2.04. The van der Waals surface area contributed by atoms with Crippen LogP contribution in [0.4, 0.5) is 18.0 Å². The molecule has 0 unspecified atom stereocenters. The Morgan fingerprint density at radius 2 is 1.92 bits per heavy atom. The van der Waals surface area contributed by atoms with Crippen molar-refractivity contribution in [3.05, 3.63) is 0 Å². The van der Waals surface area contributed by atoms with Crippen LogP contribution in [0.2, 0.25) is 0 Å². The number of aliphatic carboxylic acids is 1. The largest absolute Gasteiger partial charge is 0.481 e. The van der Waals surface area contributed by atoms with Gasteiger partial charge in [-0.05, 0) is 20.8 Å². The molecular weight excluding hydrogens is 345 g/mol. The fourth-order valence-electron chi connectivity index (χ4n) is 2.84. The average molecular weight is 368 g/mol. The Labute approximate surface area is 143 Å². The van der Waals surface area contributed by atoms with Gasteiger partial charge in [0.2, 0.25) is 0 Å². The summed E-state index contributed by atoms with van der Waals surface area (Å²) >= 11 is 0. The number of urea groups is 1. The van der Waals surface area contributed by atoms with E-state index in [1.54, 1.807) is 26.1 Å². The summed E-state index contributed by atoms with van der Waals surface area (Å²) in [6.07, 6.45) is -5.07. The molecule has 0 radical (unpaired) electrons. The van der Waals surface area contributed by atoms with Crippen LogP contribution in [-0.2, 0) is 9.59 Å². The summed E-state index contributed by atoms with van der Waals surface area (Å²) in [4.78, 5) is 37.5. The second-order valence-electron chi connectivity index (χ2n) is 6.11. The number of hydrogen-bond acceptors (Lipinski definition) is 4. The minimum absolute atomic E-state index is 0.192. The van der Waals surface area contributed by atoms with Gasteiger partial charge >= 0.3 is 24.1 Å². The van der Waals surface area contributed by atoms with Gasteiger partial charge in [-0.2, -0.15) is 13.2 Å². The zero-order chi connectivity index (χ0) is 19.5. The van der Waals surface area contributed by atoms with Crippen LogP contribution in [-0.4, -0.2) is 76.8 Å². The molecule has 0 bridgehead atoms.